The first kappa shape index (κ1) is 42.9. The maximum atomic E-state index is 14.7. The zero-order valence-electron chi connectivity index (χ0n) is 18.7. The Balaban J connectivity index is 8.87. The maximum absolute atomic E-state index is 14.7. The van der Waals surface area contributed by atoms with Gasteiger partial charge in [0.05, 0.1) is 0 Å². The third-order valence-corrected chi connectivity index (χ3v) is 4.90. The fourth-order valence-corrected chi connectivity index (χ4v) is 2.36. The predicted octanol–water partition coefficient (Wildman–Crippen LogP) is 9.67. The smallest absolute Gasteiger partial charge is 0.288 e. The van der Waals surface area contributed by atoms with Crippen molar-refractivity contribution < 1.29 is 136 Å². The Morgan fingerprint density at radius 3 is 0.378 bits per heavy atom. The highest BCUT2D eigenvalue weighted by molar-refractivity contribution is 5.18. The summed E-state index contributed by atoms with van der Waals surface area (Å²) in [5.74, 6) is -98.6. The van der Waals surface area contributed by atoms with Crippen molar-refractivity contribution in [2.24, 2.45) is 0 Å². The van der Waals surface area contributed by atoms with Gasteiger partial charge in [0.15, 0.2) is 0 Å². The lowest BCUT2D eigenvalue weighted by atomic mass is 9.88. The molecular weight excluding hydrogens is 754 g/mol. The molecule has 0 N–H and O–H groups in total. The number of hydrogen-bond acceptors (Lipinski definition) is 1. The molecule has 0 spiro atoms. The van der Waals surface area contributed by atoms with Gasteiger partial charge in [0.1, 0.15) is 0 Å². The van der Waals surface area contributed by atoms with E-state index in [1.54, 1.807) is 0 Å². The van der Waals surface area contributed by atoms with Crippen molar-refractivity contribution in [3.63, 3.8) is 0 Å². The van der Waals surface area contributed by atoms with E-state index in [-0.39, 0.29) is 0 Å². The van der Waals surface area contributed by atoms with Gasteiger partial charge in [-0.3, -0.25) is 4.74 Å². The number of ether oxygens (including phenoxy) is 1. The summed E-state index contributed by atoms with van der Waals surface area (Å²) in [5, 5.41) is 0. The largest absolute Gasteiger partial charge is 0.460 e. The maximum Gasteiger partial charge on any atom is 0.460 e. The van der Waals surface area contributed by atoms with E-state index < -0.39 is 83.8 Å². The third-order valence-electron chi connectivity index (χ3n) is 4.90. The van der Waals surface area contributed by atoms with Crippen molar-refractivity contribution in [3.05, 3.63) is 0 Å². The van der Waals surface area contributed by atoms with Crippen molar-refractivity contribution >= 4 is 0 Å². The third kappa shape index (κ3) is 5.32. The first-order chi connectivity index (χ1) is 18.7. The molecule has 0 heterocycles. The van der Waals surface area contributed by atoms with Gasteiger partial charge in [-0.25, -0.2) is 0 Å². The van der Waals surface area contributed by atoms with Gasteiger partial charge in [0, 0.05) is 0 Å². The predicted molar refractivity (Wildman–Crippen MR) is 72.6 cm³/mol. The number of halogens is 30. The van der Waals surface area contributed by atoms with Crippen LogP contribution in [-0.2, 0) is 4.74 Å². The summed E-state index contributed by atoms with van der Waals surface area (Å²) in [4.78, 5) is 0. The highest BCUT2D eigenvalue weighted by atomic mass is 19.5. The molecule has 0 unspecified atom stereocenters. The average Bonchev–Trinajstić information content (AvgIpc) is 2.74. The van der Waals surface area contributed by atoms with Gasteiger partial charge in [-0.1, -0.05) is 0 Å². The molecule has 45 heavy (non-hydrogen) atoms. The van der Waals surface area contributed by atoms with E-state index in [0.29, 0.717) is 4.74 Å². The molecule has 272 valence electrons. The zero-order chi connectivity index (χ0) is 37.7. The van der Waals surface area contributed by atoms with E-state index in [0.717, 1.165) is 0 Å². The Morgan fingerprint density at radius 1 is 0.178 bits per heavy atom. The molecule has 1 nitrogen and oxygen atoms in total. The summed E-state index contributed by atoms with van der Waals surface area (Å²) in [6.45, 7) is 0. The van der Waals surface area contributed by atoms with Gasteiger partial charge < -0.3 is 0 Å². The van der Waals surface area contributed by atoms with E-state index in [1.807, 2.05) is 0 Å². The highest BCUT2D eigenvalue weighted by Crippen LogP contribution is 2.68. The van der Waals surface area contributed by atoms with Crippen LogP contribution < -0.4 is 0 Å². The second kappa shape index (κ2) is 10.2. The van der Waals surface area contributed by atoms with Crippen LogP contribution in [0, 0.1) is 0 Å². The molecule has 0 aliphatic carbocycles. The molecule has 0 saturated carbocycles. The van der Waals surface area contributed by atoms with Gasteiger partial charge >= 0.3 is 83.8 Å². The monoisotopic (exact) mass is 754 g/mol. The summed E-state index contributed by atoms with van der Waals surface area (Å²) in [7, 11) is 0. The Labute approximate surface area is 222 Å². The lowest BCUT2D eigenvalue weighted by Gasteiger charge is -2.50. The number of alkyl halides is 30. The van der Waals surface area contributed by atoms with Gasteiger partial charge in [-0.2, -0.15) is 132 Å². The van der Waals surface area contributed by atoms with E-state index in [4.69, 9.17) is 0 Å². The van der Waals surface area contributed by atoms with Crippen molar-refractivity contribution in [3.8, 4) is 0 Å². The average molecular weight is 754 g/mol. The Hall–Kier alpha value is -2.14. The Bertz CT molecular complexity index is 902. The Kier molecular flexibility index (Phi) is 9.69. The van der Waals surface area contributed by atoms with Crippen LogP contribution in [0.1, 0.15) is 0 Å². The SMILES string of the molecule is FC(F)(F)C(F)(F)C(F)(F)C(F)(OC(F)(C(F)(F)C(F)(F)C(F)(F)F)C(F)(F)C(F)(F)C(F)(F)F)C(F)(F)C(F)(F)C(F)(F)F. The molecule has 0 aromatic heterocycles. The van der Waals surface area contributed by atoms with Gasteiger partial charge in [0.2, 0.25) is 0 Å². The van der Waals surface area contributed by atoms with Crippen LogP contribution in [0.5, 0.6) is 0 Å². The molecule has 0 amide bonds. The number of hydrogen-bond donors (Lipinski definition) is 0. The molecular formula is C14F30O. The minimum absolute atomic E-state index is 0.357. The van der Waals surface area contributed by atoms with Crippen LogP contribution in [0.4, 0.5) is 132 Å². The lowest BCUT2D eigenvalue weighted by Crippen LogP contribution is -2.81. The van der Waals surface area contributed by atoms with E-state index in [1.165, 1.54) is 0 Å². The summed E-state index contributed by atoms with van der Waals surface area (Å²) >= 11 is 0. The molecule has 0 aromatic carbocycles. The van der Waals surface area contributed by atoms with Crippen LogP contribution in [-0.4, -0.2) is 83.8 Å². The fraction of sp³-hybridized carbons (Fsp3) is 1.00. The summed E-state index contributed by atoms with van der Waals surface area (Å²) in [6, 6.07) is 0. The van der Waals surface area contributed by atoms with Crippen molar-refractivity contribution in [2.75, 3.05) is 0 Å². The van der Waals surface area contributed by atoms with Crippen LogP contribution in [0.3, 0.4) is 0 Å². The standard InChI is InChI=1S/C14F30O/c15-1(16,5(23,24)11(33,34)35)9(31,2(17,18)6(25,26)12(36,37)38)45-10(32,3(19,20)7(27,28)13(39,40)41)4(21,22)8(29,30)14(42,43)44. The molecule has 0 fully saturated rings. The van der Waals surface area contributed by atoms with Crippen LogP contribution in [0.15, 0.2) is 0 Å². The van der Waals surface area contributed by atoms with Crippen LogP contribution >= 0.6 is 0 Å². The van der Waals surface area contributed by atoms with E-state index >= 15 is 0 Å². The van der Waals surface area contributed by atoms with E-state index in [2.05, 4.69) is 0 Å². The van der Waals surface area contributed by atoms with Crippen LogP contribution in [0.25, 0.3) is 0 Å². The topological polar surface area (TPSA) is 9.23 Å². The second-order valence-corrected chi connectivity index (χ2v) is 7.88. The van der Waals surface area contributed by atoms with Crippen LogP contribution in [0.2, 0.25) is 0 Å². The molecule has 0 saturated heterocycles. The van der Waals surface area contributed by atoms with Gasteiger partial charge in [-0.15, -0.1) is 0 Å². The van der Waals surface area contributed by atoms with Crippen molar-refractivity contribution in [1.82, 2.24) is 0 Å². The van der Waals surface area contributed by atoms with Gasteiger partial charge in [0.25, 0.3) is 0 Å². The van der Waals surface area contributed by atoms with E-state index in [9.17, 15) is 132 Å². The number of rotatable bonds is 10. The molecule has 0 rings (SSSR count). The first-order valence-corrected chi connectivity index (χ1v) is 9.08. The molecule has 0 radical (unpaired) electrons. The Morgan fingerprint density at radius 2 is 0.289 bits per heavy atom. The molecule has 0 aromatic rings. The summed E-state index contributed by atoms with van der Waals surface area (Å²) < 4.78 is 395. The second-order valence-electron chi connectivity index (χ2n) is 7.88. The molecule has 0 atom stereocenters. The normalized spacial score (nSPS) is 17.2. The highest BCUT2D eigenvalue weighted by Gasteiger charge is 3.00. The van der Waals surface area contributed by atoms with Crippen molar-refractivity contribution in [1.29, 1.82) is 0 Å². The quantitative estimate of drug-likeness (QED) is 0.202. The molecule has 0 aliphatic rings. The molecule has 0 bridgehead atoms. The lowest BCUT2D eigenvalue weighted by molar-refractivity contribution is -0.552. The molecule has 0 aliphatic heterocycles. The summed E-state index contributed by atoms with van der Waals surface area (Å²) in [6.07, 6.45) is -35.1. The van der Waals surface area contributed by atoms with Crippen molar-refractivity contribution in [2.45, 2.75) is 83.8 Å². The molecule has 31 heteroatoms. The van der Waals surface area contributed by atoms with Gasteiger partial charge in [-0.05, 0) is 0 Å². The zero-order valence-corrected chi connectivity index (χ0v) is 18.7. The minimum Gasteiger partial charge on any atom is -0.288 e. The summed E-state index contributed by atoms with van der Waals surface area (Å²) in [5.41, 5.74) is 0. The fourth-order valence-electron chi connectivity index (χ4n) is 2.36. The minimum atomic E-state index is -10.4. The first-order valence-electron chi connectivity index (χ1n) is 9.08.